The summed E-state index contributed by atoms with van der Waals surface area (Å²) in [7, 11) is 0. The smallest absolute Gasteiger partial charge is 0.221 e. The van der Waals surface area contributed by atoms with E-state index in [2.05, 4.69) is 9.80 Å². The average Bonchev–Trinajstić information content (AvgIpc) is 2.60. The maximum Gasteiger partial charge on any atom is 0.221 e. The maximum atomic E-state index is 11.1. The highest BCUT2D eigenvalue weighted by molar-refractivity contribution is 5.76. The highest BCUT2D eigenvalue weighted by Gasteiger charge is 2.18. The van der Waals surface area contributed by atoms with Crippen molar-refractivity contribution >= 4 is 5.91 Å². The molecule has 5 heteroatoms. The number of hydrogen-bond acceptors (Lipinski definition) is 4. The molecule has 1 heterocycles. The summed E-state index contributed by atoms with van der Waals surface area (Å²) in [6, 6.07) is 0. The van der Waals surface area contributed by atoms with Crippen LogP contribution in [-0.4, -0.2) is 61.5 Å². The molecule has 0 bridgehead atoms. The van der Waals surface area contributed by atoms with Crippen LogP contribution in [0.5, 0.6) is 0 Å². The van der Waals surface area contributed by atoms with Crippen LogP contribution in [0.25, 0.3) is 0 Å². The predicted molar refractivity (Wildman–Crippen MR) is 78.8 cm³/mol. The summed E-state index contributed by atoms with van der Waals surface area (Å²) < 4.78 is 0. The minimum absolute atomic E-state index is 0.0453. The normalized spacial score (nSPS) is 20.1. The number of amides is 1. The molecule has 0 aromatic heterocycles. The highest BCUT2D eigenvalue weighted by atomic mass is 16.1. The summed E-state index contributed by atoms with van der Waals surface area (Å²) in [4.78, 5) is 16.0. The molecule has 0 aromatic rings. The molecule has 1 aliphatic rings. The van der Waals surface area contributed by atoms with E-state index in [0.29, 0.717) is 0 Å². The molecule has 4 N–H and O–H groups in total. The van der Waals surface area contributed by atoms with Crippen LogP contribution >= 0.6 is 0 Å². The van der Waals surface area contributed by atoms with Crippen LogP contribution in [-0.2, 0) is 4.79 Å². The van der Waals surface area contributed by atoms with Gasteiger partial charge in [-0.2, -0.15) is 0 Å². The Bertz CT molecular complexity index is 260. The van der Waals surface area contributed by atoms with Gasteiger partial charge in [0.1, 0.15) is 0 Å². The second-order valence-electron chi connectivity index (χ2n) is 5.65. The number of carbonyl (C=O) groups is 1. The van der Waals surface area contributed by atoms with Crippen LogP contribution in [0.2, 0.25) is 0 Å². The Labute approximate surface area is 117 Å². The summed E-state index contributed by atoms with van der Waals surface area (Å²) in [6.45, 7) is 9.11. The van der Waals surface area contributed by atoms with Gasteiger partial charge in [-0.3, -0.25) is 4.79 Å². The summed E-state index contributed by atoms with van der Waals surface area (Å²) in [5.41, 5.74) is 10.8. The quantitative estimate of drug-likeness (QED) is 0.620. The van der Waals surface area contributed by atoms with Gasteiger partial charge in [-0.15, -0.1) is 0 Å². The zero-order chi connectivity index (χ0) is 14.1. The Morgan fingerprint density at radius 2 is 1.79 bits per heavy atom. The predicted octanol–water partition coefficient (Wildman–Crippen LogP) is 0.245. The van der Waals surface area contributed by atoms with E-state index in [4.69, 9.17) is 11.5 Å². The molecule has 1 fully saturated rings. The molecular formula is C14H30N4O. The van der Waals surface area contributed by atoms with E-state index in [-0.39, 0.29) is 11.8 Å². The molecule has 1 rings (SSSR count). The van der Waals surface area contributed by atoms with E-state index in [9.17, 15) is 4.79 Å². The van der Waals surface area contributed by atoms with Gasteiger partial charge in [0.25, 0.3) is 0 Å². The van der Waals surface area contributed by atoms with Gasteiger partial charge in [0.05, 0.1) is 0 Å². The van der Waals surface area contributed by atoms with Crippen molar-refractivity contribution in [2.75, 3.05) is 45.8 Å². The van der Waals surface area contributed by atoms with Crippen molar-refractivity contribution in [3.05, 3.63) is 0 Å². The summed E-state index contributed by atoms with van der Waals surface area (Å²) >= 11 is 0. The Balaban J connectivity index is 2.21. The Kier molecular flexibility index (Phi) is 8.02. The molecule has 0 aliphatic carbocycles. The van der Waals surface area contributed by atoms with Crippen molar-refractivity contribution in [1.29, 1.82) is 0 Å². The fourth-order valence-corrected chi connectivity index (χ4v) is 2.56. The molecule has 19 heavy (non-hydrogen) atoms. The zero-order valence-electron chi connectivity index (χ0n) is 12.3. The molecule has 0 radical (unpaired) electrons. The van der Waals surface area contributed by atoms with Gasteiger partial charge in [-0.05, 0) is 45.4 Å². The minimum Gasteiger partial charge on any atom is -0.369 e. The molecular weight excluding hydrogens is 240 g/mol. The number of nitrogens with two attached hydrogens (primary N) is 2. The molecule has 112 valence electrons. The van der Waals surface area contributed by atoms with Crippen molar-refractivity contribution < 1.29 is 4.79 Å². The lowest BCUT2D eigenvalue weighted by molar-refractivity contribution is -0.121. The lowest BCUT2D eigenvalue weighted by Crippen LogP contribution is -2.37. The van der Waals surface area contributed by atoms with Crippen molar-refractivity contribution in [3.8, 4) is 0 Å². The van der Waals surface area contributed by atoms with Gasteiger partial charge < -0.3 is 21.3 Å². The first kappa shape index (κ1) is 16.4. The van der Waals surface area contributed by atoms with Gasteiger partial charge in [0.15, 0.2) is 0 Å². The average molecular weight is 270 g/mol. The summed E-state index contributed by atoms with van der Waals surface area (Å²) in [6.07, 6.45) is 4.79. The lowest BCUT2D eigenvalue weighted by atomic mass is 10.1. The Morgan fingerprint density at radius 3 is 2.47 bits per heavy atom. The van der Waals surface area contributed by atoms with Crippen LogP contribution in [0.4, 0.5) is 0 Å². The summed E-state index contributed by atoms with van der Waals surface area (Å²) in [5, 5.41) is 0. The van der Waals surface area contributed by atoms with Crippen LogP contribution in [0.1, 0.15) is 32.6 Å². The number of hydrogen-bond donors (Lipinski definition) is 2. The second kappa shape index (κ2) is 9.28. The van der Waals surface area contributed by atoms with E-state index in [1.54, 1.807) is 0 Å². The fraction of sp³-hybridized carbons (Fsp3) is 0.929. The van der Waals surface area contributed by atoms with Crippen molar-refractivity contribution in [2.24, 2.45) is 17.4 Å². The molecule has 1 aliphatic heterocycles. The number of primary amides is 1. The number of nitrogens with zero attached hydrogens (tertiary/aromatic N) is 2. The molecule has 0 saturated carbocycles. The van der Waals surface area contributed by atoms with Gasteiger partial charge in [0.2, 0.25) is 5.91 Å². The van der Waals surface area contributed by atoms with Crippen molar-refractivity contribution in [1.82, 2.24) is 9.80 Å². The van der Waals surface area contributed by atoms with E-state index in [1.165, 1.54) is 32.4 Å². The van der Waals surface area contributed by atoms with Gasteiger partial charge in [0, 0.05) is 25.6 Å². The number of carbonyl (C=O) groups excluding carboxylic acids is 1. The van der Waals surface area contributed by atoms with E-state index < -0.39 is 0 Å². The SMILES string of the molecule is CC(CN1CCCN(CCCCCN)CC1)C(N)=O. The molecule has 1 amide bonds. The Morgan fingerprint density at radius 1 is 1.11 bits per heavy atom. The third-order valence-corrected chi connectivity index (χ3v) is 3.88. The third kappa shape index (κ3) is 6.89. The molecule has 0 aromatic carbocycles. The topological polar surface area (TPSA) is 75.6 Å². The van der Waals surface area contributed by atoms with Crippen LogP contribution in [0.15, 0.2) is 0 Å². The summed E-state index contributed by atoms with van der Waals surface area (Å²) in [5.74, 6) is -0.237. The Hall–Kier alpha value is -0.650. The van der Waals surface area contributed by atoms with E-state index in [1.807, 2.05) is 6.92 Å². The monoisotopic (exact) mass is 270 g/mol. The second-order valence-corrected chi connectivity index (χ2v) is 5.65. The van der Waals surface area contributed by atoms with Crippen LogP contribution < -0.4 is 11.5 Å². The van der Waals surface area contributed by atoms with E-state index in [0.717, 1.165) is 39.1 Å². The molecule has 0 spiro atoms. The van der Waals surface area contributed by atoms with Gasteiger partial charge >= 0.3 is 0 Å². The maximum absolute atomic E-state index is 11.1. The standard InChI is InChI=1S/C14H30N4O/c1-13(14(16)19)12-18-9-5-8-17(10-11-18)7-4-2-3-6-15/h13H,2-12,15H2,1H3,(H2,16,19). The largest absolute Gasteiger partial charge is 0.369 e. The van der Waals surface area contributed by atoms with Gasteiger partial charge in [-0.25, -0.2) is 0 Å². The molecule has 1 atom stereocenters. The van der Waals surface area contributed by atoms with Crippen molar-refractivity contribution in [3.63, 3.8) is 0 Å². The zero-order valence-corrected chi connectivity index (χ0v) is 12.3. The van der Waals surface area contributed by atoms with Crippen molar-refractivity contribution in [2.45, 2.75) is 32.6 Å². The molecule has 5 nitrogen and oxygen atoms in total. The molecule has 1 unspecified atom stereocenters. The number of unbranched alkanes of at least 4 members (excludes halogenated alkanes) is 2. The third-order valence-electron chi connectivity index (χ3n) is 3.88. The van der Waals surface area contributed by atoms with Crippen LogP contribution in [0, 0.1) is 5.92 Å². The first-order valence-electron chi connectivity index (χ1n) is 7.57. The minimum atomic E-state index is -0.192. The van der Waals surface area contributed by atoms with E-state index >= 15 is 0 Å². The number of rotatable bonds is 8. The fourth-order valence-electron chi connectivity index (χ4n) is 2.56. The molecule has 1 saturated heterocycles. The highest BCUT2D eigenvalue weighted by Crippen LogP contribution is 2.07. The lowest BCUT2D eigenvalue weighted by Gasteiger charge is -2.23. The van der Waals surface area contributed by atoms with Gasteiger partial charge in [-0.1, -0.05) is 13.3 Å². The van der Waals surface area contributed by atoms with Crippen LogP contribution in [0.3, 0.4) is 0 Å². The first-order chi connectivity index (χ1) is 9.13. The first-order valence-corrected chi connectivity index (χ1v) is 7.57.